The molecule has 0 radical (unpaired) electrons. The van der Waals surface area contributed by atoms with Gasteiger partial charge in [0.25, 0.3) is 0 Å². The van der Waals surface area contributed by atoms with Gasteiger partial charge in [-0.25, -0.2) is 9.97 Å². The fourth-order valence-electron chi connectivity index (χ4n) is 2.39. The van der Waals surface area contributed by atoms with E-state index in [1.54, 1.807) is 11.3 Å². The van der Waals surface area contributed by atoms with E-state index in [2.05, 4.69) is 35.5 Å². The molecule has 4 nitrogen and oxygen atoms in total. The van der Waals surface area contributed by atoms with Crippen molar-refractivity contribution in [3.8, 4) is 0 Å². The molecule has 0 spiro atoms. The van der Waals surface area contributed by atoms with E-state index in [1.807, 2.05) is 7.05 Å². The molecule has 21 heavy (non-hydrogen) atoms. The monoisotopic (exact) mass is 306 g/mol. The molecule has 2 aromatic rings. The van der Waals surface area contributed by atoms with Crippen molar-refractivity contribution < 1.29 is 0 Å². The van der Waals surface area contributed by atoms with E-state index in [0.717, 1.165) is 41.5 Å². The highest BCUT2D eigenvalue weighted by Crippen LogP contribution is 2.25. The number of thiophene rings is 1. The normalized spacial score (nSPS) is 11.4. The van der Waals surface area contributed by atoms with Gasteiger partial charge in [0.05, 0.1) is 11.9 Å². The second-order valence-corrected chi connectivity index (χ2v) is 6.26. The van der Waals surface area contributed by atoms with Crippen molar-refractivity contribution in [2.24, 2.45) is 0 Å². The Morgan fingerprint density at radius 3 is 2.48 bits per heavy atom. The predicted octanol–water partition coefficient (Wildman–Crippen LogP) is 4.14. The zero-order valence-corrected chi connectivity index (χ0v) is 14.2. The third-order valence-electron chi connectivity index (χ3n) is 3.63. The molecule has 0 fully saturated rings. The number of rotatable bonds is 9. The largest absolute Gasteiger partial charge is 0.372 e. The van der Waals surface area contributed by atoms with E-state index in [0.29, 0.717) is 0 Å². The first-order valence-electron chi connectivity index (χ1n) is 7.92. The van der Waals surface area contributed by atoms with Crippen molar-refractivity contribution in [1.82, 2.24) is 14.9 Å². The van der Waals surface area contributed by atoms with Gasteiger partial charge in [-0.15, -0.1) is 11.3 Å². The lowest BCUT2D eigenvalue weighted by atomic mass is 10.2. The van der Waals surface area contributed by atoms with Gasteiger partial charge in [-0.2, -0.15) is 0 Å². The van der Waals surface area contributed by atoms with Crippen LogP contribution in [0.25, 0.3) is 10.2 Å². The third-order valence-corrected chi connectivity index (χ3v) is 4.44. The van der Waals surface area contributed by atoms with Crippen molar-refractivity contribution in [2.45, 2.75) is 46.1 Å². The fourth-order valence-corrected chi connectivity index (χ4v) is 3.18. The Kier molecular flexibility index (Phi) is 6.39. The number of anilines is 1. The first-order valence-corrected chi connectivity index (χ1v) is 8.80. The van der Waals surface area contributed by atoms with Crippen LogP contribution in [0.4, 0.5) is 5.82 Å². The summed E-state index contributed by atoms with van der Waals surface area (Å²) in [6.45, 7) is 7.60. The maximum Gasteiger partial charge on any atom is 0.146 e. The van der Waals surface area contributed by atoms with E-state index in [4.69, 9.17) is 9.97 Å². The number of nitrogens with zero attached hydrogens (tertiary/aromatic N) is 3. The summed E-state index contributed by atoms with van der Waals surface area (Å²) >= 11 is 1.68. The maximum atomic E-state index is 4.73. The van der Waals surface area contributed by atoms with Crippen molar-refractivity contribution in [3.63, 3.8) is 0 Å². The maximum absolute atomic E-state index is 4.73. The molecule has 0 aliphatic rings. The van der Waals surface area contributed by atoms with Gasteiger partial charge in [0, 0.05) is 7.05 Å². The lowest BCUT2D eigenvalue weighted by Crippen LogP contribution is -2.26. The number of fused-ring (bicyclic) bond motifs is 1. The van der Waals surface area contributed by atoms with Gasteiger partial charge in [-0.3, -0.25) is 4.90 Å². The Morgan fingerprint density at radius 2 is 1.86 bits per heavy atom. The minimum atomic E-state index is 0.850. The highest BCUT2D eigenvalue weighted by molar-refractivity contribution is 7.16. The van der Waals surface area contributed by atoms with Crippen LogP contribution in [0.1, 0.15) is 45.4 Å². The van der Waals surface area contributed by atoms with Crippen molar-refractivity contribution in [3.05, 3.63) is 17.3 Å². The molecule has 0 aromatic carbocycles. The molecule has 2 rings (SSSR count). The zero-order chi connectivity index (χ0) is 15.1. The van der Waals surface area contributed by atoms with Crippen molar-refractivity contribution in [1.29, 1.82) is 0 Å². The Labute approximate surface area is 131 Å². The Hall–Kier alpha value is -1.20. The molecule has 2 heterocycles. The summed E-state index contributed by atoms with van der Waals surface area (Å²) in [6.07, 6.45) is 4.94. The predicted molar refractivity (Wildman–Crippen MR) is 92.1 cm³/mol. The second-order valence-electron chi connectivity index (χ2n) is 5.36. The van der Waals surface area contributed by atoms with E-state index in [1.165, 1.54) is 25.7 Å². The van der Waals surface area contributed by atoms with Gasteiger partial charge >= 0.3 is 0 Å². The average molecular weight is 306 g/mol. The van der Waals surface area contributed by atoms with Gasteiger partial charge in [-0.1, -0.05) is 26.7 Å². The lowest BCUT2D eigenvalue weighted by molar-refractivity contribution is 0.251. The Balaban J connectivity index is 2.14. The van der Waals surface area contributed by atoms with Gasteiger partial charge in [0.15, 0.2) is 0 Å². The minimum Gasteiger partial charge on any atom is -0.372 e. The number of nitrogens with one attached hydrogen (secondary N) is 1. The van der Waals surface area contributed by atoms with Crippen LogP contribution in [0, 0.1) is 0 Å². The molecule has 0 saturated heterocycles. The van der Waals surface area contributed by atoms with E-state index in [9.17, 15) is 0 Å². The van der Waals surface area contributed by atoms with Crippen LogP contribution in [0.2, 0.25) is 0 Å². The summed E-state index contributed by atoms with van der Waals surface area (Å²) in [5, 5.41) is 6.40. The molecule has 0 unspecified atom stereocenters. The van der Waals surface area contributed by atoms with Crippen LogP contribution >= 0.6 is 11.3 Å². The minimum absolute atomic E-state index is 0.850. The second kappa shape index (κ2) is 8.29. The number of unbranched alkanes of at least 4 members (excludes halogenated alkanes) is 2. The molecule has 0 aliphatic carbocycles. The SMILES string of the molecule is CCCCN(CCCC)Cc1nc(NC)c2ccsc2n1. The van der Waals surface area contributed by atoms with Crippen LogP contribution in [0.5, 0.6) is 0 Å². The Morgan fingerprint density at radius 1 is 1.14 bits per heavy atom. The van der Waals surface area contributed by atoms with Gasteiger partial charge < -0.3 is 5.32 Å². The number of aromatic nitrogens is 2. The van der Waals surface area contributed by atoms with Crippen molar-refractivity contribution in [2.75, 3.05) is 25.5 Å². The van der Waals surface area contributed by atoms with Gasteiger partial charge in [0.1, 0.15) is 16.5 Å². The molecule has 1 N–H and O–H groups in total. The smallest absolute Gasteiger partial charge is 0.146 e. The quantitative estimate of drug-likeness (QED) is 0.756. The van der Waals surface area contributed by atoms with E-state index in [-0.39, 0.29) is 0 Å². The standard InChI is InChI=1S/C16H26N4S/c1-4-6-9-20(10-7-5-2)12-14-18-15(17-3)13-8-11-21-16(13)19-14/h8,11H,4-7,9-10,12H2,1-3H3,(H,17,18,19). The summed E-state index contributed by atoms with van der Waals surface area (Å²) in [5.41, 5.74) is 0. The number of hydrogen-bond donors (Lipinski definition) is 1. The summed E-state index contributed by atoms with van der Waals surface area (Å²) in [5.74, 6) is 1.88. The van der Waals surface area contributed by atoms with Crippen molar-refractivity contribution >= 4 is 27.4 Å². The third kappa shape index (κ3) is 4.38. The molecule has 0 saturated carbocycles. The first-order chi connectivity index (χ1) is 10.3. The molecular weight excluding hydrogens is 280 g/mol. The summed E-state index contributed by atoms with van der Waals surface area (Å²) < 4.78 is 0. The Bertz CT molecular complexity index is 544. The highest BCUT2D eigenvalue weighted by Gasteiger charge is 2.11. The molecule has 0 aliphatic heterocycles. The molecule has 0 bridgehead atoms. The summed E-state index contributed by atoms with van der Waals surface area (Å²) in [7, 11) is 1.93. The molecular formula is C16H26N4S. The van der Waals surface area contributed by atoms with Crippen LogP contribution in [0.15, 0.2) is 11.4 Å². The summed E-state index contributed by atoms with van der Waals surface area (Å²) in [6, 6.07) is 2.08. The fraction of sp³-hybridized carbons (Fsp3) is 0.625. The zero-order valence-electron chi connectivity index (χ0n) is 13.4. The topological polar surface area (TPSA) is 41.1 Å². The van der Waals surface area contributed by atoms with Gasteiger partial charge in [-0.05, 0) is 37.4 Å². The highest BCUT2D eigenvalue weighted by atomic mass is 32.1. The molecule has 2 aromatic heterocycles. The molecule has 0 amide bonds. The lowest BCUT2D eigenvalue weighted by Gasteiger charge is -2.21. The first kappa shape index (κ1) is 16.2. The summed E-state index contributed by atoms with van der Waals surface area (Å²) in [4.78, 5) is 13.0. The van der Waals surface area contributed by atoms with Crippen LogP contribution in [-0.2, 0) is 6.54 Å². The van der Waals surface area contributed by atoms with E-state index < -0.39 is 0 Å². The molecule has 116 valence electrons. The van der Waals surface area contributed by atoms with E-state index >= 15 is 0 Å². The number of hydrogen-bond acceptors (Lipinski definition) is 5. The average Bonchev–Trinajstić information content (AvgIpc) is 2.97. The van der Waals surface area contributed by atoms with Crippen LogP contribution < -0.4 is 5.32 Å². The molecule has 5 heteroatoms. The van der Waals surface area contributed by atoms with Crippen LogP contribution in [0.3, 0.4) is 0 Å². The van der Waals surface area contributed by atoms with Crippen LogP contribution in [-0.4, -0.2) is 35.0 Å². The van der Waals surface area contributed by atoms with Gasteiger partial charge in [0.2, 0.25) is 0 Å². The molecule has 0 atom stereocenters.